The summed E-state index contributed by atoms with van der Waals surface area (Å²) in [6.45, 7) is 4.89. The number of carbonyl (C=O) groups excluding carboxylic acids is 2. The fraction of sp³-hybridized carbons (Fsp3) is 0.500. The number of alkyl halides is 3. The van der Waals surface area contributed by atoms with Gasteiger partial charge in [0.1, 0.15) is 6.10 Å². The number of ether oxygens (including phenoxy) is 3. The fourth-order valence-electron chi connectivity index (χ4n) is 4.75. The smallest absolute Gasteiger partial charge is 0.389 e. The van der Waals surface area contributed by atoms with E-state index in [1.165, 1.54) is 12.1 Å². The van der Waals surface area contributed by atoms with Crippen LogP contribution in [0.15, 0.2) is 36.4 Å². The van der Waals surface area contributed by atoms with Crippen molar-refractivity contribution >= 4 is 17.5 Å². The van der Waals surface area contributed by atoms with E-state index >= 15 is 0 Å². The highest BCUT2D eigenvalue weighted by Crippen LogP contribution is 2.36. The van der Waals surface area contributed by atoms with Gasteiger partial charge in [0, 0.05) is 32.0 Å². The minimum absolute atomic E-state index is 0.0935. The summed E-state index contributed by atoms with van der Waals surface area (Å²) in [7, 11) is 1.92. The summed E-state index contributed by atoms with van der Waals surface area (Å²) in [4.78, 5) is 29.5. The molecule has 0 radical (unpaired) electrons. The number of nitrogens with zero attached hydrogens (tertiary/aromatic N) is 2. The molecule has 12 heteroatoms. The van der Waals surface area contributed by atoms with Gasteiger partial charge in [0.05, 0.1) is 30.3 Å². The van der Waals surface area contributed by atoms with Crippen LogP contribution in [0.5, 0.6) is 17.2 Å². The lowest BCUT2D eigenvalue weighted by Crippen LogP contribution is -2.49. The van der Waals surface area contributed by atoms with E-state index in [0.29, 0.717) is 31.1 Å². The largest absolute Gasteiger partial charge is 0.486 e. The van der Waals surface area contributed by atoms with Crippen LogP contribution in [-0.2, 0) is 11.3 Å². The molecule has 2 aromatic rings. The zero-order chi connectivity index (χ0) is 29.0. The third kappa shape index (κ3) is 7.16. The Labute approximate surface area is 230 Å². The SMILES string of the molecule is C[C@H](CO)N1C[C@H](C)[C@@H](CN(C)Cc2ccc3c(c2)OCO3)Oc2c(NC(=O)CCC(F)(F)F)cccc2C1=O. The van der Waals surface area contributed by atoms with Crippen LogP contribution in [0.4, 0.5) is 18.9 Å². The molecule has 0 aliphatic carbocycles. The maximum atomic E-state index is 13.5. The van der Waals surface area contributed by atoms with Crippen molar-refractivity contribution in [3.8, 4) is 17.2 Å². The summed E-state index contributed by atoms with van der Waals surface area (Å²) >= 11 is 0. The quantitative estimate of drug-likeness (QED) is 0.473. The van der Waals surface area contributed by atoms with Crippen LogP contribution in [0.3, 0.4) is 0 Å². The summed E-state index contributed by atoms with van der Waals surface area (Å²) in [5, 5.41) is 12.3. The first-order valence-corrected chi connectivity index (χ1v) is 13.1. The third-order valence-corrected chi connectivity index (χ3v) is 6.98. The van der Waals surface area contributed by atoms with Crippen LogP contribution in [0.1, 0.15) is 42.6 Å². The highest BCUT2D eigenvalue weighted by atomic mass is 19.4. The van der Waals surface area contributed by atoms with Gasteiger partial charge in [-0.1, -0.05) is 19.1 Å². The molecule has 2 aromatic carbocycles. The molecule has 0 unspecified atom stereocenters. The van der Waals surface area contributed by atoms with Crippen molar-refractivity contribution in [2.45, 2.75) is 51.6 Å². The molecule has 218 valence electrons. The highest BCUT2D eigenvalue weighted by molar-refractivity contribution is 6.01. The Hall–Kier alpha value is -3.51. The monoisotopic (exact) mass is 565 g/mol. The normalized spacial score (nSPS) is 19.5. The average molecular weight is 566 g/mol. The molecule has 4 rings (SSSR count). The molecule has 2 aliphatic heterocycles. The molecule has 3 atom stereocenters. The van der Waals surface area contributed by atoms with Crippen LogP contribution in [0.2, 0.25) is 0 Å². The lowest BCUT2D eigenvalue weighted by atomic mass is 9.98. The molecule has 2 N–H and O–H groups in total. The van der Waals surface area contributed by atoms with E-state index in [1.54, 1.807) is 17.9 Å². The minimum Gasteiger partial charge on any atom is -0.486 e. The van der Waals surface area contributed by atoms with Crippen LogP contribution in [-0.4, -0.2) is 78.6 Å². The molecular weight excluding hydrogens is 531 g/mol. The van der Waals surface area contributed by atoms with Gasteiger partial charge >= 0.3 is 6.18 Å². The van der Waals surface area contributed by atoms with Gasteiger partial charge in [-0.25, -0.2) is 0 Å². The molecule has 0 saturated heterocycles. The van der Waals surface area contributed by atoms with E-state index in [1.807, 2.05) is 37.1 Å². The number of para-hydroxylation sites is 1. The second-order valence-corrected chi connectivity index (χ2v) is 10.4. The molecular formula is C28H34F3N3O6. The standard InChI is InChI=1S/C28H34F3N3O6/c1-17-12-34(18(2)15-35)27(37)20-5-4-6-21(32-25(36)9-10-28(29,30)31)26(20)40-24(17)14-33(3)13-19-7-8-22-23(11-19)39-16-38-22/h4-8,11,17-18,24,35H,9-10,12-16H2,1-3H3,(H,32,36)/t17-,18+,24+/m0/s1. The lowest BCUT2D eigenvalue weighted by molar-refractivity contribution is -0.142. The molecule has 0 saturated carbocycles. The van der Waals surface area contributed by atoms with E-state index in [9.17, 15) is 27.9 Å². The molecule has 0 spiro atoms. The Bertz CT molecular complexity index is 1220. The van der Waals surface area contributed by atoms with Gasteiger partial charge in [0.15, 0.2) is 17.2 Å². The molecule has 0 aromatic heterocycles. The number of amides is 2. The van der Waals surface area contributed by atoms with Gasteiger partial charge < -0.3 is 29.5 Å². The Morgan fingerprint density at radius 2 is 1.98 bits per heavy atom. The van der Waals surface area contributed by atoms with Gasteiger partial charge in [-0.15, -0.1) is 0 Å². The summed E-state index contributed by atoms with van der Waals surface area (Å²) in [5.74, 6) is 0.0206. The number of aliphatic hydroxyl groups excluding tert-OH is 1. The number of carbonyl (C=O) groups is 2. The van der Waals surface area contributed by atoms with Crippen LogP contribution in [0.25, 0.3) is 0 Å². The highest BCUT2D eigenvalue weighted by Gasteiger charge is 2.35. The number of benzene rings is 2. The Morgan fingerprint density at radius 1 is 1.23 bits per heavy atom. The topological polar surface area (TPSA) is 101 Å². The maximum absolute atomic E-state index is 13.5. The number of hydrogen-bond acceptors (Lipinski definition) is 7. The van der Waals surface area contributed by atoms with Crippen molar-refractivity contribution in [3.63, 3.8) is 0 Å². The summed E-state index contributed by atoms with van der Waals surface area (Å²) in [5.41, 5.74) is 1.27. The van der Waals surface area contributed by atoms with Crippen molar-refractivity contribution < 1.29 is 42.1 Å². The molecule has 2 amide bonds. The summed E-state index contributed by atoms with van der Waals surface area (Å²) in [6, 6.07) is 9.80. The van der Waals surface area contributed by atoms with Crippen LogP contribution < -0.4 is 19.5 Å². The van der Waals surface area contributed by atoms with E-state index < -0.39 is 43.0 Å². The summed E-state index contributed by atoms with van der Waals surface area (Å²) < 4.78 is 55.3. The number of fused-ring (bicyclic) bond motifs is 2. The van der Waals surface area contributed by atoms with Gasteiger partial charge in [0.2, 0.25) is 12.7 Å². The Balaban J connectivity index is 1.59. The van der Waals surface area contributed by atoms with Crippen molar-refractivity contribution in [2.24, 2.45) is 5.92 Å². The lowest BCUT2D eigenvalue weighted by Gasteiger charge is -2.38. The van der Waals surface area contributed by atoms with E-state index in [-0.39, 0.29) is 36.3 Å². The molecule has 2 heterocycles. The van der Waals surface area contributed by atoms with Crippen molar-refractivity contribution in [2.75, 3.05) is 38.9 Å². The van der Waals surface area contributed by atoms with E-state index in [0.717, 1.165) is 5.56 Å². The molecule has 0 bridgehead atoms. The zero-order valence-corrected chi connectivity index (χ0v) is 22.7. The molecule has 9 nitrogen and oxygen atoms in total. The van der Waals surface area contributed by atoms with Crippen molar-refractivity contribution in [3.05, 3.63) is 47.5 Å². The number of hydrogen-bond donors (Lipinski definition) is 2. The maximum Gasteiger partial charge on any atom is 0.389 e. The fourth-order valence-corrected chi connectivity index (χ4v) is 4.75. The number of likely N-dealkylation sites (N-methyl/N-ethyl adjacent to an activating group) is 1. The van der Waals surface area contributed by atoms with Crippen LogP contribution in [0, 0.1) is 5.92 Å². The second kappa shape index (κ2) is 12.3. The minimum atomic E-state index is -4.47. The van der Waals surface area contributed by atoms with E-state index in [4.69, 9.17) is 14.2 Å². The summed E-state index contributed by atoms with van der Waals surface area (Å²) in [6.07, 6.45) is -6.96. The molecule has 40 heavy (non-hydrogen) atoms. The number of rotatable bonds is 9. The first-order valence-electron chi connectivity index (χ1n) is 13.1. The molecule has 2 aliphatic rings. The van der Waals surface area contributed by atoms with Crippen LogP contribution >= 0.6 is 0 Å². The predicted octanol–water partition coefficient (Wildman–Crippen LogP) is 4.05. The first-order chi connectivity index (χ1) is 18.9. The number of nitrogens with one attached hydrogen (secondary N) is 1. The van der Waals surface area contributed by atoms with Gasteiger partial charge in [0.25, 0.3) is 5.91 Å². The zero-order valence-electron chi connectivity index (χ0n) is 22.7. The molecule has 0 fully saturated rings. The van der Waals surface area contributed by atoms with Gasteiger partial charge in [-0.3, -0.25) is 14.5 Å². The number of halogens is 3. The van der Waals surface area contributed by atoms with Gasteiger partial charge in [-0.05, 0) is 43.8 Å². The number of anilines is 1. The van der Waals surface area contributed by atoms with E-state index in [2.05, 4.69) is 5.32 Å². The third-order valence-electron chi connectivity index (χ3n) is 6.98. The van der Waals surface area contributed by atoms with Gasteiger partial charge in [-0.2, -0.15) is 13.2 Å². The Morgan fingerprint density at radius 3 is 2.70 bits per heavy atom. The average Bonchev–Trinajstić information content (AvgIpc) is 3.37. The predicted molar refractivity (Wildman–Crippen MR) is 140 cm³/mol. The second-order valence-electron chi connectivity index (χ2n) is 10.4. The first kappa shape index (κ1) is 29.5. The Kier molecular flexibility index (Phi) is 9.09. The van der Waals surface area contributed by atoms with Crippen molar-refractivity contribution in [1.29, 1.82) is 0 Å². The number of aliphatic hydroxyl groups is 1. The van der Waals surface area contributed by atoms with Crippen molar-refractivity contribution in [1.82, 2.24) is 9.80 Å².